The van der Waals surface area contributed by atoms with Gasteiger partial charge in [0.1, 0.15) is 11.6 Å². The van der Waals surface area contributed by atoms with Crippen LogP contribution in [-0.4, -0.2) is 6.54 Å². The van der Waals surface area contributed by atoms with E-state index in [4.69, 9.17) is 11.6 Å². The molecule has 0 aliphatic heterocycles. The summed E-state index contributed by atoms with van der Waals surface area (Å²) in [7, 11) is 0. The molecule has 0 aliphatic carbocycles. The van der Waals surface area contributed by atoms with Crippen molar-refractivity contribution in [3.05, 3.63) is 70.2 Å². The van der Waals surface area contributed by atoms with Crippen LogP contribution >= 0.6 is 11.6 Å². The van der Waals surface area contributed by atoms with Gasteiger partial charge in [-0.25, -0.2) is 8.78 Å². The summed E-state index contributed by atoms with van der Waals surface area (Å²) in [6.07, 6.45) is 0.824. The average Bonchev–Trinajstić information content (AvgIpc) is 2.41. The first kappa shape index (κ1) is 14.9. The second kappa shape index (κ2) is 6.82. The second-order valence-corrected chi connectivity index (χ2v) is 5.15. The summed E-state index contributed by atoms with van der Waals surface area (Å²) in [6, 6.07) is 11.1. The maximum Gasteiger partial charge on any atom is 0.130 e. The van der Waals surface area contributed by atoms with Gasteiger partial charge in [-0.2, -0.15) is 0 Å². The van der Waals surface area contributed by atoms with E-state index in [9.17, 15) is 8.78 Å². The summed E-state index contributed by atoms with van der Waals surface area (Å²) in [5, 5.41) is 3.94. The van der Waals surface area contributed by atoms with E-state index in [1.807, 2.05) is 31.2 Å². The average molecular weight is 296 g/mol. The first-order valence-corrected chi connectivity index (χ1v) is 6.87. The van der Waals surface area contributed by atoms with Crippen molar-refractivity contribution in [2.24, 2.45) is 0 Å². The van der Waals surface area contributed by atoms with Crippen LogP contribution < -0.4 is 5.32 Å². The predicted octanol–water partition coefficient (Wildman–Crippen LogP) is 4.51. The highest BCUT2D eigenvalue weighted by Gasteiger charge is 2.10. The molecule has 0 radical (unpaired) electrons. The van der Waals surface area contributed by atoms with Gasteiger partial charge in [-0.15, -0.1) is 0 Å². The van der Waals surface area contributed by atoms with Gasteiger partial charge < -0.3 is 5.32 Å². The van der Waals surface area contributed by atoms with E-state index in [2.05, 4.69) is 5.32 Å². The Labute approximate surface area is 122 Å². The number of hydrogen-bond acceptors (Lipinski definition) is 1. The highest BCUT2D eigenvalue weighted by Crippen LogP contribution is 2.17. The van der Waals surface area contributed by atoms with Crippen LogP contribution in [0.4, 0.5) is 8.78 Å². The van der Waals surface area contributed by atoms with Gasteiger partial charge >= 0.3 is 0 Å². The second-order valence-electron chi connectivity index (χ2n) is 4.72. The van der Waals surface area contributed by atoms with E-state index >= 15 is 0 Å². The largest absolute Gasteiger partial charge is 0.310 e. The Hall–Kier alpha value is -1.45. The Balaban J connectivity index is 1.88. The molecule has 0 bridgehead atoms. The van der Waals surface area contributed by atoms with E-state index < -0.39 is 11.6 Å². The van der Waals surface area contributed by atoms with Crippen molar-refractivity contribution in [2.45, 2.75) is 19.4 Å². The van der Waals surface area contributed by atoms with Gasteiger partial charge in [0.25, 0.3) is 0 Å². The molecule has 0 aliphatic rings. The van der Waals surface area contributed by atoms with E-state index in [1.165, 1.54) is 12.1 Å². The van der Waals surface area contributed by atoms with Crippen molar-refractivity contribution in [1.82, 2.24) is 5.32 Å². The molecule has 1 atom stereocenters. The zero-order valence-corrected chi connectivity index (χ0v) is 11.9. The lowest BCUT2D eigenvalue weighted by Gasteiger charge is -2.15. The van der Waals surface area contributed by atoms with Crippen molar-refractivity contribution < 1.29 is 8.78 Å². The van der Waals surface area contributed by atoms with Gasteiger partial charge in [0.15, 0.2) is 0 Å². The Morgan fingerprint density at radius 3 is 2.45 bits per heavy atom. The molecule has 1 N–H and O–H groups in total. The predicted molar refractivity (Wildman–Crippen MR) is 77.9 cm³/mol. The van der Waals surface area contributed by atoms with E-state index in [0.29, 0.717) is 17.1 Å². The summed E-state index contributed by atoms with van der Waals surface area (Å²) in [5.74, 6) is -1.07. The third-order valence-corrected chi connectivity index (χ3v) is 3.46. The minimum atomic E-state index is -0.556. The van der Waals surface area contributed by atoms with Crippen LogP contribution in [0.15, 0.2) is 42.5 Å². The molecule has 0 heterocycles. The normalized spacial score (nSPS) is 12.4. The van der Waals surface area contributed by atoms with Crippen LogP contribution in [0.2, 0.25) is 5.02 Å². The first-order chi connectivity index (χ1) is 9.56. The zero-order valence-electron chi connectivity index (χ0n) is 11.2. The zero-order chi connectivity index (χ0) is 14.5. The van der Waals surface area contributed by atoms with Crippen LogP contribution in [0.5, 0.6) is 0 Å². The molecule has 0 spiro atoms. The van der Waals surface area contributed by atoms with Crippen LogP contribution in [0.1, 0.15) is 24.1 Å². The Morgan fingerprint density at radius 1 is 1.10 bits per heavy atom. The molecule has 0 fully saturated rings. The van der Waals surface area contributed by atoms with Gasteiger partial charge in [0.05, 0.1) is 0 Å². The molecule has 0 saturated carbocycles. The topological polar surface area (TPSA) is 12.0 Å². The maximum absolute atomic E-state index is 13.6. The molecule has 0 aromatic heterocycles. The van der Waals surface area contributed by atoms with Crippen molar-refractivity contribution in [1.29, 1.82) is 0 Å². The summed E-state index contributed by atoms with van der Waals surface area (Å²) in [6.45, 7) is 2.57. The van der Waals surface area contributed by atoms with Crippen molar-refractivity contribution in [3.8, 4) is 0 Å². The number of halogens is 3. The van der Waals surface area contributed by atoms with Gasteiger partial charge in [0.2, 0.25) is 0 Å². The van der Waals surface area contributed by atoms with Gasteiger partial charge in [-0.05, 0) is 43.7 Å². The molecule has 20 heavy (non-hydrogen) atoms. The van der Waals surface area contributed by atoms with E-state index in [0.717, 1.165) is 18.1 Å². The minimum absolute atomic E-state index is 0.164. The third kappa shape index (κ3) is 4.02. The lowest BCUT2D eigenvalue weighted by Crippen LogP contribution is -2.22. The molecule has 0 saturated heterocycles. The standard InChI is InChI=1S/C16H16ClF2N/c1-11(15-7-6-14(18)10-16(15)19)20-9-8-12-2-4-13(17)5-3-12/h2-7,10-11,20H,8-9H2,1H3. The Kier molecular flexibility index (Phi) is 5.10. The fourth-order valence-electron chi connectivity index (χ4n) is 2.05. The van der Waals surface area contributed by atoms with Crippen LogP contribution in [0, 0.1) is 11.6 Å². The Morgan fingerprint density at radius 2 is 1.80 bits per heavy atom. The molecular formula is C16H16ClF2N. The lowest BCUT2D eigenvalue weighted by molar-refractivity contribution is 0.520. The molecule has 2 aromatic carbocycles. The van der Waals surface area contributed by atoms with Crippen LogP contribution in [0.3, 0.4) is 0 Å². The highest BCUT2D eigenvalue weighted by atomic mass is 35.5. The first-order valence-electron chi connectivity index (χ1n) is 6.49. The monoisotopic (exact) mass is 295 g/mol. The smallest absolute Gasteiger partial charge is 0.130 e. The van der Waals surface area contributed by atoms with Crippen molar-refractivity contribution in [2.75, 3.05) is 6.54 Å². The fourth-order valence-corrected chi connectivity index (χ4v) is 2.17. The molecule has 2 rings (SSSR count). The third-order valence-electron chi connectivity index (χ3n) is 3.21. The maximum atomic E-state index is 13.6. The molecule has 1 nitrogen and oxygen atoms in total. The Bertz CT molecular complexity index is 569. The summed E-state index contributed by atoms with van der Waals surface area (Å²) >= 11 is 5.82. The van der Waals surface area contributed by atoms with Crippen molar-refractivity contribution >= 4 is 11.6 Å². The van der Waals surface area contributed by atoms with E-state index in [1.54, 1.807) is 0 Å². The fraction of sp³-hybridized carbons (Fsp3) is 0.250. The minimum Gasteiger partial charge on any atom is -0.310 e. The quantitative estimate of drug-likeness (QED) is 0.855. The number of hydrogen-bond donors (Lipinski definition) is 1. The number of rotatable bonds is 5. The molecule has 2 aromatic rings. The number of nitrogens with one attached hydrogen (secondary N) is 1. The summed E-state index contributed by atoms with van der Waals surface area (Å²) in [4.78, 5) is 0. The number of benzene rings is 2. The molecular weight excluding hydrogens is 280 g/mol. The molecule has 4 heteroatoms. The highest BCUT2D eigenvalue weighted by molar-refractivity contribution is 6.30. The molecule has 0 amide bonds. The summed E-state index contributed by atoms with van der Waals surface area (Å²) < 4.78 is 26.4. The molecule has 106 valence electrons. The van der Waals surface area contributed by atoms with Crippen LogP contribution in [0.25, 0.3) is 0 Å². The van der Waals surface area contributed by atoms with Gasteiger partial charge in [-0.1, -0.05) is 29.8 Å². The summed E-state index contributed by atoms with van der Waals surface area (Å²) in [5.41, 5.74) is 1.64. The van der Waals surface area contributed by atoms with Gasteiger partial charge in [-0.3, -0.25) is 0 Å². The van der Waals surface area contributed by atoms with Crippen LogP contribution in [-0.2, 0) is 6.42 Å². The lowest BCUT2D eigenvalue weighted by atomic mass is 10.1. The van der Waals surface area contributed by atoms with Gasteiger partial charge in [0, 0.05) is 22.7 Å². The van der Waals surface area contributed by atoms with Crippen molar-refractivity contribution in [3.63, 3.8) is 0 Å². The molecule has 1 unspecified atom stereocenters. The SMILES string of the molecule is CC(NCCc1ccc(Cl)cc1)c1ccc(F)cc1F. The van der Waals surface area contributed by atoms with E-state index in [-0.39, 0.29) is 6.04 Å².